The third-order valence-corrected chi connectivity index (χ3v) is 1.69. The van der Waals surface area contributed by atoms with Gasteiger partial charge in [0.05, 0.1) is 0 Å². The van der Waals surface area contributed by atoms with Crippen molar-refractivity contribution in [3.8, 4) is 11.8 Å². The van der Waals surface area contributed by atoms with Crippen LogP contribution in [-0.2, 0) is 0 Å². The van der Waals surface area contributed by atoms with Gasteiger partial charge in [-0.3, -0.25) is 0 Å². The lowest BCUT2D eigenvalue weighted by Crippen LogP contribution is -1.93. The van der Waals surface area contributed by atoms with Crippen LogP contribution in [0, 0.1) is 18.8 Å². The zero-order valence-corrected chi connectivity index (χ0v) is 8.26. The number of aryl methyl sites for hydroxylation is 1. The van der Waals surface area contributed by atoms with Gasteiger partial charge in [0.15, 0.2) is 0 Å². The normalized spacial score (nSPS) is 11.7. The molecular weight excluding hydrogens is 186 g/mol. The molecule has 0 aliphatic heterocycles. The van der Waals surface area contributed by atoms with Crippen molar-refractivity contribution in [2.45, 2.75) is 20.0 Å². The van der Waals surface area contributed by atoms with E-state index in [4.69, 9.17) is 16.7 Å². The van der Waals surface area contributed by atoms with Gasteiger partial charge < -0.3 is 5.11 Å². The molecular formula is C10H10ClNO. The fourth-order valence-corrected chi connectivity index (χ4v) is 0.973. The Labute approximate surface area is 82.6 Å². The predicted octanol–water partition coefficient (Wildman–Crippen LogP) is 1.78. The Morgan fingerprint density at radius 3 is 2.92 bits per heavy atom. The Kier molecular flexibility index (Phi) is 3.30. The Morgan fingerprint density at radius 1 is 1.62 bits per heavy atom. The summed E-state index contributed by atoms with van der Waals surface area (Å²) in [6.45, 7) is 3.51. The van der Waals surface area contributed by atoms with Crippen molar-refractivity contribution in [2.24, 2.45) is 0 Å². The first-order valence-electron chi connectivity index (χ1n) is 3.91. The van der Waals surface area contributed by atoms with Crippen LogP contribution in [0.5, 0.6) is 0 Å². The summed E-state index contributed by atoms with van der Waals surface area (Å²) in [5.41, 5.74) is 1.76. The highest BCUT2D eigenvalue weighted by molar-refractivity contribution is 6.29. The summed E-state index contributed by atoms with van der Waals surface area (Å²) in [6.07, 6.45) is 1.04. The van der Waals surface area contributed by atoms with Crippen LogP contribution in [0.4, 0.5) is 0 Å². The Bertz CT molecular complexity index is 363. The van der Waals surface area contributed by atoms with Crippen molar-refractivity contribution in [3.63, 3.8) is 0 Å². The van der Waals surface area contributed by atoms with E-state index in [2.05, 4.69) is 16.8 Å². The number of halogens is 1. The van der Waals surface area contributed by atoms with E-state index in [-0.39, 0.29) is 0 Å². The molecule has 0 saturated heterocycles. The molecule has 0 spiro atoms. The molecule has 0 aromatic carbocycles. The topological polar surface area (TPSA) is 33.1 Å². The molecule has 0 fully saturated rings. The molecule has 1 rings (SSSR count). The summed E-state index contributed by atoms with van der Waals surface area (Å²) < 4.78 is 0. The lowest BCUT2D eigenvalue weighted by molar-refractivity contribution is 0.253. The zero-order chi connectivity index (χ0) is 9.84. The Morgan fingerprint density at radius 2 is 2.31 bits per heavy atom. The third kappa shape index (κ3) is 3.06. The standard InChI is InChI=1S/C10H10ClNO/c1-7-6-12-10(11)5-9(7)4-3-8(2)13/h5-6,8,13H,1-2H3/t8-/m1/s1. The molecule has 0 unspecified atom stereocenters. The van der Waals surface area contributed by atoms with Crippen LogP contribution in [0.2, 0.25) is 5.15 Å². The summed E-state index contributed by atoms with van der Waals surface area (Å²) in [7, 11) is 0. The van der Waals surface area contributed by atoms with Crippen molar-refractivity contribution in [3.05, 3.63) is 28.5 Å². The molecule has 1 atom stereocenters. The molecule has 0 radical (unpaired) electrons. The minimum Gasteiger partial charge on any atom is -0.381 e. The fourth-order valence-electron chi connectivity index (χ4n) is 0.815. The van der Waals surface area contributed by atoms with Gasteiger partial charge in [0.2, 0.25) is 0 Å². The van der Waals surface area contributed by atoms with Gasteiger partial charge in [0.25, 0.3) is 0 Å². The molecule has 13 heavy (non-hydrogen) atoms. The first-order valence-corrected chi connectivity index (χ1v) is 4.29. The van der Waals surface area contributed by atoms with Gasteiger partial charge in [-0.15, -0.1) is 0 Å². The molecule has 0 aliphatic rings. The zero-order valence-electron chi connectivity index (χ0n) is 7.50. The second-order valence-electron chi connectivity index (χ2n) is 2.77. The maximum atomic E-state index is 8.95. The van der Waals surface area contributed by atoms with Gasteiger partial charge >= 0.3 is 0 Å². The molecule has 2 nitrogen and oxygen atoms in total. The fraction of sp³-hybridized carbons (Fsp3) is 0.300. The quantitative estimate of drug-likeness (QED) is 0.506. The smallest absolute Gasteiger partial charge is 0.130 e. The van der Waals surface area contributed by atoms with E-state index < -0.39 is 6.10 Å². The van der Waals surface area contributed by atoms with Crippen molar-refractivity contribution in [1.82, 2.24) is 4.98 Å². The highest BCUT2D eigenvalue weighted by Crippen LogP contribution is 2.10. The maximum absolute atomic E-state index is 8.95. The monoisotopic (exact) mass is 195 g/mol. The molecule has 0 aliphatic carbocycles. The summed E-state index contributed by atoms with van der Waals surface area (Å²) in [6, 6.07) is 1.69. The van der Waals surface area contributed by atoms with Gasteiger partial charge in [-0.05, 0) is 25.5 Å². The van der Waals surface area contributed by atoms with E-state index in [0.717, 1.165) is 11.1 Å². The molecule has 1 N–H and O–H groups in total. The molecule has 1 aromatic rings. The van der Waals surface area contributed by atoms with Crippen LogP contribution < -0.4 is 0 Å². The number of aromatic nitrogens is 1. The van der Waals surface area contributed by atoms with Crippen LogP contribution in [0.1, 0.15) is 18.1 Å². The number of hydrogen-bond donors (Lipinski definition) is 1. The molecule has 0 amide bonds. The lowest BCUT2D eigenvalue weighted by atomic mass is 10.1. The van der Waals surface area contributed by atoms with E-state index in [1.54, 1.807) is 19.2 Å². The first kappa shape index (κ1) is 10.0. The van der Waals surface area contributed by atoms with E-state index in [1.807, 2.05) is 6.92 Å². The van der Waals surface area contributed by atoms with E-state index in [0.29, 0.717) is 5.15 Å². The molecule has 1 aromatic heterocycles. The summed E-state index contributed by atoms with van der Waals surface area (Å²) in [5.74, 6) is 5.48. The van der Waals surface area contributed by atoms with Gasteiger partial charge in [-0.2, -0.15) is 0 Å². The van der Waals surface area contributed by atoms with Crippen molar-refractivity contribution < 1.29 is 5.11 Å². The van der Waals surface area contributed by atoms with Gasteiger partial charge in [-0.25, -0.2) is 4.98 Å². The number of hydrogen-bond acceptors (Lipinski definition) is 2. The van der Waals surface area contributed by atoms with Crippen LogP contribution in [0.3, 0.4) is 0 Å². The minimum atomic E-state index is -0.619. The molecule has 68 valence electrons. The second-order valence-corrected chi connectivity index (χ2v) is 3.15. The van der Waals surface area contributed by atoms with Crippen LogP contribution >= 0.6 is 11.6 Å². The average molecular weight is 196 g/mol. The predicted molar refractivity (Wildman–Crippen MR) is 52.5 cm³/mol. The Balaban J connectivity index is 3.02. The maximum Gasteiger partial charge on any atom is 0.130 e. The van der Waals surface area contributed by atoms with Crippen LogP contribution in [0.25, 0.3) is 0 Å². The molecule has 0 saturated carbocycles. The van der Waals surface area contributed by atoms with E-state index in [1.165, 1.54) is 0 Å². The summed E-state index contributed by atoms with van der Waals surface area (Å²) in [4.78, 5) is 3.90. The second kappa shape index (κ2) is 4.27. The van der Waals surface area contributed by atoms with Crippen LogP contribution in [0.15, 0.2) is 12.3 Å². The molecule has 0 bridgehead atoms. The number of nitrogens with zero attached hydrogens (tertiary/aromatic N) is 1. The summed E-state index contributed by atoms with van der Waals surface area (Å²) >= 11 is 5.69. The lowest BCUT2D eigenvalue weighted by Gasteiger charge is -1.97. The van der Waals surface area contributed by atoms with Crippen molar-refractivity contribution >= 4 is 11.6 Å². The SMILES string of the molecule is Cc1cnc(Cl)cc1C#C[C@@H](C)O. The van der Waals surface area contributed by atoms with E-state index >= 15 is 0 Å². The average Bonchev–Trinajstić information content (AvgIpc) is 2.06. The first-order chi connectivity index (χ1) is 6.09. The molecule has 1 heterocycles. The number of aliphatic hydroxyl groups is 1. The third-order valence-electron chi connectivity index (χ3n) is 1.49. The Hall–Kier alpha value is -1.04. The summed E-state index contributed by atoms with van der Waals surface area (Å²) in [5, 5.41) is 9.37. The van der Waals surface area contributed by atoms with Gasteiger partial charge in [0.1, 0.15) is 11.3 Å². The highest BCUT2D eigenvalue weighted by atomic mass is 35.5. The van der Waals surface area contributed by atoms with Crippen molar-refractivity contribution in [2.75, 3.05) is 0 Å². The van der Waals surface area contributed by atoms with Gasteiger partial charge in [0, 0.05) is 11.8 Å². The molecule has 3 heteroatoms. The number of aliphatic hydroxyl groups excluding tert-OH is 1. The number of rotatable bonds is 0. The van der Waals surface area contributed by atoms with Crippen LogP contribution in [-0.4, -0.2) is 16.2 Å². The van der Waals surface area contributed by atoms with Gasteiger partial charge in [-0.1, -0.05) is 23.4 Å². The minimum absolute atomic E-state index is 0.417. The number of pyridine rings is 1. The van der Waals surface area contributed by atoms with Crippen molar-refractivity contribution in [1.29, 1.82) is 0 Å². The highest BCUT2D eigenvalue weighted by Gasteiger charge is 1.96. The largest absolute Gasteiger partial charge is 0.381 e. The van der Waals surface area contributed by atoms with E-state index in [9.17, 15) is 0 Å².